The van der Waals surface area contributed by atoms with E-state index in [1.807, 2.05) is 6.07 Å². The fourth-order valence-corrected chi connectivity index (χ4v) is 3.52. The molecule has 1 aromatic carbocycles. The first-order valence-corrected chi connectivity index (χ1v) is 8.58. The summed E-state index contributed by atoms with van der Waals surface area (Å²) in [6, 6.07) is 5.69. The molecule has 0 amide bonds. The third-order valence-electron chi connectivity index (χ3n) is 5.04. The molecule has 1 N–H and O–H groups in total. The van der Waals surface area contributed by atoms with Crippen molar-refractivity contribution in [3.05, 3.63) is 35.1 Å². The smallest absolute Gasteiger partial charge is 0.123 e. The maximum atomic E-state index is 13.5. The Morgan fingerprint density at radius 3 is 2.62 bits per heavy atom. The summed E-state index contributed by atoms with van der Waals surface area (Å²) in [4.78, 5) is 0. The van der Waals surface area contributed by atoms with Gasteiger partial charge in [0.2, 0.25) is 0 Å². The molecule has 0 aliphatic heterocycles. The minimum Gasteiger partial charge on any atom is -0.313 e. The standard InChI is InChI=1S/C19H30FN/c1-4-11-21-19(16-8-5-14(2)6-9-16)13-17-12-18(20)10-7-15(17)3/h7,10,12,14,16,19,21H,4-6,8-9,11,13H2,1-3H3. The first kappa shape index (κ1) is 16.5. The van der Waals surface area contributed by atoms with Crippen LogP contribution in [0.5, 0.6) is 0 Å². The Balaban J connectivity index is 2.06. The van der Waals surface area contributed by atoms with Crippen molar-refractivity contribution in [1.82, 2.24) is 5.32 Å². The van der Waals surface area contributed by atoms with Gasteiger partial charge in [-0.25, -0.2) is 4.39 Å². The molecule has 1 fully saturated rings. The molecule has 1 nitrogen and oxygen atoms in total. The predicted molar refractivity (Wildman–Crippen MR) is 88.0 cm³/mol. The van der Waals surface area contributed by atoms with Gasteiger partial charge in [0.25, 0.3) is 0 Å². The summed E-state index contributed by atoms with van der Waals surface area (Å²) in [6.45, 7) is 7.72. The van der Waals surface area contributed by atoms with Gasteiger partial charge in [-0.2, -0.15) is 0 Å². The van der Waals surface area contributed by atoms with E-state index in [4.69, 9.17) is 0 Å². The molecule has 0 aromatic heterocycles. The lowest BCUT2D eigenvalue weighted by molar-refractivity contribution is 0.228. The highest BCUT2D eigenvalue weighted by Crippen LogP contribution is 2.32. The van der Waals surface area contributed by atoms with Gasteiger partial charge in [-0.05, 0) is 74.2 Å². The summed E-state index contributed by atoms with van der Waals surface area (Å²) in [5, 5.41) is 3.73. The molecule has 0 saturated heterocycles. The van der Waals surface area contributed by atoms with E-state index in [-0.39, 0.29) is 5.82 Å². The zero-order chi connectivity index (χ0) is 15.2. The van der Waals surface area contributed by atoms with Crippen LogP contribution >= 0.6 is 0 Å². The first-order valence-electron chi connectivity index (χ1n) is 8.58. The first-order chi connectivity index (χ1) is 10.1. The number of aryl methyl sites for hydroxylation is 1. The lowest BCUT2D eigenvalue weighted by Gasteiger charge is -2.34. The number of hydrogen-bond acceptors (Lipinski definition) is 1. The molecule has 0 radical (unpaired) electrons. The van der Waals surface area contributed by atoms with E-state index < -0.39 is 0 Å². The second-order valence-electron chi connectivity index (χ2n) is 6.86. The van der Waals surface area contributed by atoms with Crippen molar-refractivity contribution in [3.8, 4) is 0 Å². The lowest BCUT2D eigenvalue weighted by Crippen LogP contribution is -2.40. The molecule has 0 heterocycles. The van der Waals surface area contributed by atoms with E-state index >= 15 is 0 Å². The molecule has 2 heteroatoms. The third-order valence-corrected chi connectivity index (χ3v) is 5.04. The van der Waals surface area contributed by atoms with Crippen LogP contribution in [0.1, 0.15) is 57.1 Å². The number of halogens is 1. The largest absolute Gasteiger partial charge is 0.313 e. The Labute approximate surface area is 129 Å². The topological polar surface area (TPSA) is 12.0 Å². The quantitative estimate of drug-likeness (QED) is 0.788. The molecule has 118 valence electrons. The van der Waals surface area contributed by atoms with Crippen LogP contribution in [0.25, 0.3) is 0 Å². The Bertz CT molecular complexity index is 435. The second-order valence-corrected chi connectivity index (χ2v) is 6.86. The van der Waals surface area contributed by atoms with Crippen LogP contribution in [0.15, 0.2) is 18.2 Å². The highest BCUT2D eigenvalue weighted by molar-refractivity contribution is 5.27. The van der Waals surface area contributed by atoms with E-state index in [0.717, 1.165) is 31.2 Å². The fraction of sp³-hybridized carbons (Fsp3) is 0.684. The van der Waals surface area contributed by atoms with Crippen molar-refractivity contribution in [2.45, 2.75) is 65.3 Å². The van der Waals surface area contributed by atoms with Crippen LogP contribution in [0, 0.1) is 24.6 Å². The van der Waals surface area contributed by atoms with E-state index in [9.17, 15) is 4.39 Å². The van der Waals surface area contributed by atoms with Crippen molar-refractivity contribution in [2.75, 3.05) is 6.54 Å². The molecule has 1 aromatic rings. The molecular weight excluding hydrogens is 261 g/mol. The maximum absolute atomic E-state index is 13.5. The normalized spacial score (nSPS) is 24.0. The monoisotopic (exact) mass is 291 g/mol. The minimum absolute atomic E-state index is 0.109. The molecule has 21 heavy (non-hydrogen) atoms. The van der Waals surface area contributed by atoms with Gasteiger partial charge >= 0.3 is 0 Å². The summed E-state index contributed by atoms with van der Waals surface area (Å²) >= 11 is 0. The third kappa shape index (κ3) is 4.81. The Morgan fingerprint density at radius 1 is 1.24 bits per heavy atom. The van der Waals surface area contributed by atoms with Gasteiger partial charge in [-0.1, -0.05) is 32.8 Å². The van der Waals surface area contributed by atoms with Crippen molar-refractivity contribution >= 4 is 0 Å². The molecule has 1 aliphatic rings. The molecule has 1 atom stereocenters. The van der Waals surface area contributed by atoms with Gasteiger partial charge in [-0.3, -0.25) is 0 Å². The van der Waals surface area contributed by atoms with Gasteiger partial charge in [0.15, 0.2) is 0 Å². The number of rotatable bonds is 6. The zero-order valence-corrected chi connectivity index (χ0v) is 13.8. The zero-order valence-electron chi connectivity index (χ0n) is 13.8. The summed E-state index contributed by atoms with van der Waals surface area (Å²) in [7, 11) is 0. The van der Waals surface area contributed by atoms with Crippen molar-refractivity contribution in [2.24, 2.45) is 11.8 Å². The Hall–Kier alpha value is -0.890. The van der Waals surface area contributed by atoms with Crippen LogP contribution in [-0.4, -0.2) is 12.6 Å². The molecule has 1 saturated carbocycles. The van der Waals surface area contributed by atoms with E-state index in [0.29, 0.717) is 6.04 Å². The second kappa shape index (κ2) is 7.93. The van der Waals surface area contributed by atoms with Crippen LogP contribution in [0.4, 0.5) is 4.39 Å². The highest BCUT2D eigenvalue weighted by atomic mass is 19.1. The Kier molecular flexibility index (Phi) is 6.22. The SMILES string of the molecule is CCCNC(Cc1cc(F)ccc1C)C1CCC(C)CC1. The summed E-state index contributed by atoms with van der Waals surface area (Å²) in [6.07, 6.45) is 7.44. The summed E-state index contributed by atoms with van der Waals surface area (Å²) in [5.74, 6) is 1.52. The van der Waals surface area contributed by atoms with Crippen LogP contribution in [0.3, 0.4) is 0 Å². The molecule has 1 unspecified atom stereocenters. The lowest BCUT2D eigenvalue weighted by atomic mass is 9.77. The van der Waals surface area contributed by atoms with Gasteiger partial charge in [0, 0.05) is 6.04 Å². The summed E-state index contributed by atoms with van der Waals surface area (Å²) < 4.78 is 13.5. The van der Waals surface area contributed by atoms with Crippen LogP contribution in [0.2, 0.25) is 0 Å². The molecule has 2 rings (SSSR count). The maximum Gasteiger partial charge on any atom is 0.123 e. The average molecular weight is 291 g/mol. The van der Waals surface area contributed by atoms with Crippen molar-refractivity contribution in [3.63, 3.8) is 0 Å². The molecule has 0 bridgehead atoms. The minimum atomic E-state index is -0.109. The van der Waals surface area contributed by atoms with E-state index in [1.54, 1.807) is 12.1 Å². The van der Waals surface area contributed by atoms with Crippen molar-refractivity contribution in [1.29, 1.82) is 0 Å². The van der Waals surface area contributed by atoms with Gasteiger partial charge in [0.1, 0.15) is 5.82 Å². The Morgan fingerprint density at radius 2 is 1.95 bits per heavy atom. The van der Waals surface area contributed by atoms with Gasteiger partial charge in [0.05, 0.1) is 0 Å². The fourth-order valence-electron chi connectivity index (χ4n) is 3.52. The molecular formula is C19H30FN. The number of benzene rings is 1. The number of nitrogens with one attached hydrogen (secondary N) is 1. The average Bonchev–Trinajstić information content (AvgIpc) is 2.48. The molecule has 0 spiro atoms. The molecule has 1 aliphatic carbocycles. The van der Waals surface area contributed by atoms with Gasteiger partial charge in [-0.15, -0.1) is 0 Å². The highest BCUT2D eigenvalue weighted by Gasteiger charge is 2.26. The summed E-state index contributed by atoms with van der Waals surface area (Å²) in [5.41, 5.74) is 2.38. The number of hydrogen-bond donors (Lipinski definition) is 1. The van der Waals surface area contributed by atoms with Crippen LogP contribution < -0.4 is 5.32 Å². The van der Waals surface area contributed by atoms with Gasteiger partial charge < -0.3 is 5.32 Å². The van der Waals surface area contributed by atoms with Crippen molar-refractivity contribution < 1.29 is 4.39 Å². The van der Waals surface area contributed by atoms with E-state index in [1.165, 1.54) is 36.8 Å². The van der Waals surface area contributed by atoms with E-state index in [2.05, 4.69) is 26.1 Å². The van der Waals surface area contributed by atoms with Crippen LogP contribution in [-0.2, 0) is 6.42 Å². The predicted octanol–water partition coefficient (Wildman–Crippen LogP) is 4.87.